The first-order chi connectivity index (χ1) is 13.8. The topological polar surface area (TPSA) is 55.8 Å². The Hall–Kier alpha value is -1.96. The molecule has 29 heavy (non-hydrogen) atoms. The quantitative estimate of drug-likeness (QED) is 0.426. The highest BCUT2D eigenvalue weighted by Crippen LogP contribution is 2.40. The summed E-state index contributed by atoms with van der Waals surface area (Å²) in [7, 11) is 0. The number of hydrogen-bond acceptors (Lipinski definition) is 5. The van der Waals surface area contributed by atoms with Gasteiger partial charge in [-0.2, -0.15) is 0 Å². The molecule has 1 aliphatic heterocycles. The molecule has 1 aliphatic rings. The lowest BCUT2D eigenvalue weighted by Crippen LogP contribution is -2.27. The van der Waals surface area contributed by atoms with Crippen LogP contribution in [0.3, 0.4) is 0 Å². The van der Waals surface area contributed by atoms with Crippen LogP contribution in [0.4, 0.5) is 10.5 Å². The van der Waals surface area contributed by atoms with Gasteiger partial charge >= 0.3 is 0 Å². The van der Waals surface area contributed by atoms with E-state index in [0.29, 0.717) is 38.2 Å². The molecule has 0 bridgehead atoms. The minimum Gasteiger partial charge on any atom is -0.490 e. The number of imide groups is 1. The zero-order valence-electron chi connectivity index (χ0n) is 16.1. The van der Waals surface area contributed by atoms with E-state index in [0.717, 1.165) is 22.2 Å². The summed E-state index contributed by atoms with van der Waals surface area (Å²) in [4.78, 5) is 26.7. The summed E-state index contributed by atoms with van der Waals surface area (Å²) in [5.41, 5.74) is 1.20. The van der Waals surface area contributed by atoms with Gasteiger partial charge in [-0.3, -0.25) is 9.59 Å². The van der Waals surface area contributed by atoms with Crippen molar-refractivity contribution in [2.75, 3.05) is 11.5 Å². The van der Waals surface area contributed by atoms with Crippen molar-refractivity contribution in [2.24, 2.45) is 0 Å². The van der Waals surface area contributed by atoms with Crippen LogP contribution in [-0.2, 0) is 4.79 Å². The number of benzene rings is 2. The number of rotatable bonds is 6. The zero-order chi connectivity index (χ0) is 21.1. The minimum atomic E-state index is -0.376. The standard InChI is InChI=1S/C21H19BrClNO4S/c1-4-27-17-10-13(9-16(22)19(17)28-12(2)3)11-18-20(25)24(21(26)29-18)15-7-5-14(23)6-8-15/h5-12H,4H2,1-3H3/b18-11+. The Morgan fingerprint density at radius 2 is 1.90 bits per heavy atom. The van der Waals surface area contributed by atoms with E-state index in [-0.39, 0.29) is 17.3 Å². The summed E-state index contributed by atoms with van der Waals surface area (Å²) < 4.78 is 12.3. The van der Waals surface area contributed by atoms with Crippen molar-refractivity contribution in [3.05, 3.63) is 56.4 Å². The Bertz CT molecular complexity index is 975. The number of hydrogen-bond donors (Lipinski definition) is 0. The fraction of sp³-hybridized carbons (Fsp3) is 0.238. The molecular weight excluding hydrogens is 478 g/mol. The number of nitrogens with zero attached hydrogens (tertiary/aromatic N) is 1. The number of anilines is 1. The third kappa shape index (κ3) is 4.97. The van der Waals surface area contributed by atoms with E-state index in [9.17, 15) is 9.59 Å². The summed E-state index contributed by atoms with van der Waals surface area (Å²) in [5.74, 6) is 0.797. The molecule has 0 radical (unpaired) electrons. The maximum atomic E-state index is 12.8. The van der Waals surface area contributed by atoms with Crippen LogP contribution in [0, 0.1) is 0 Å². The lowest BCUT2D eigenvalue weighted by Gasteiger charge is -2.17. The lowest BCUT2D eigenvalue weighted by atomic mass is 10.1. The van der Waals surface area contributed by atoms with Crippen molar-refractivity contribution in [2.45, 2.75) is 26.9 Å². The maximum absolute atomic E-state index is 12.8. The monoisotopic (exact) mass is 495 g/mol. The predicted molar refractivity (Wildman–Crippen MR) is 121 cm³/mol. The van der Waals surface area contributed by atoms with Gasteiger partial charge in [-0.1, -0.05) is 11.6 Å². The molecule has 0 saturated carbocycles. The van der Waals surface area contributed by atoms with Crippen molar-refractivity contribution in [1.29, 1.82) is 0 Å². The summed E-state index contributed by atoms with van der Waals surface area (Å²) in [6.45, 7) is 6.22. The fourth-order valence-corrected chi connectivity index (χ4v) is 4.24. The number of carbonyl (C=O) groups is 2. The molecule has 2 aromatic carbocycles. The molecule has 0 aromatic heterocycles. The summed E-state index contributed by atoms with van der Waals surface area (Å²) in [6.07, 6.45) is 1.65. The van der Waals surface area contributed by atoms with E-state index in [1.807, 2.05) is 26.8 Å². The first-order valence-corrected chi connectivity index (χ1v) is 11.0. The van der Waals surface area contributed by atoms with Crippen LogP contribution in [-0.4, -0.2) is 23.9 Å². The Morgan fingerprint density at radius 3 is 2.52 bits per heavy atom. The number of thioether (sulfide) groups is 1. The molecule has 0 unspecified atom stereocenters. The van der Waals surface area contributed by atoms with Gasteiger partial charge < -0.3 is 9.47 Å². The van der Waals surface area contributed by atoms with Gasteiger partial charge in [-0.15, -0.1) is 0 Å². The van der Waals surface area contributed by atoms with Crippen LogP contribution < -0.4 is 14.4 Å². The highest BCUT2D eigenvalue weighted by atomic mass is 79.9. The molecule has 8 heteroatoms. The number of amides is 2. The molecule has 5 nitrogen and oxygen atoms in total. The smallest absolute Gasteiger partial charge is 0.298 e. The van der Waals surface area contributed by atoms with E-state index in [1.165, 1.54) is 0 Å². The summed E-state index contributed by atoms with van der Waals surface area (Å²) in [6, 6.07) is 10.2. The van der Waals surface area contributed by atoms with Crippen LogP contribution in [0.1, 0.15) is 26.3 Å². The van der Waals surface area contributed by atoms with Crippen LogP contribution in [0.5, 0.6) is 11.5 Å². The van der Waals surface area contributed by atoms with Crippen molar-refractivity contribution in [1.82, 2.24) is 0 Å². The van der Waals surface area contributed by atoms with Crippen molar-refractivity contribution >= 4 is 62.2 Å². The summed E-state index contributed by atoms with van der Waals surface area (Å²) in [5, 5.41) is 0.181. The second kappa shape index (κ2) is 9.24. The van der Waals surface area contributed by atoms with E-state index in [4.69, 9.17) is 21.1 Å². The van der Waals surface area contributed by atoms with Gasteiger partial charge in [0.2, 0.25) is 0 Å². The Morgan fingerprint density at radius 1 is 1.21 bits per heavy atom. The second-order valence-corrected chi connectivity index (χ2v) is 8.71. The molecule has 1 heterocycles. The molecule has 3 rings (SSSR count). The first kappa shape index (κ1) is 21.7. The van der Waals surface area contributed by atoms with Crippen molar-refractivity contribution in [3.8, 4) is 11.5 Å². The molecule has 152 valence electrons. The van der Waals surface area contributed by atoms with E-state index in [1.54, 1.807) is 36.4 Å². The molecule has 2 aromatic rings. The van der Waals surface area contributed by atoms with Crippen LogP contribution in [0.2, 0.25) is 5.02 Å². The Kier molecular flexibility index (Phi) is 6.93. The molecular formula is C21H19BrClNO4S. The van der Waals surface area contributed by atoms with E-state index >= 15 is 0 Å². The zero-order valence-corrected chi connectivity index (χ0v) is 19.2. The highest BCUT2D eigenvalue weighted by Gasteiger charge is 2.36. The van der Waals surface area contributed by atoms with Gasteiger partial charge in [0.1, 0.15) is 0 Å². The average molecular weight is 497 g/mol. The van der Waals surface area contributed by atoms with E-state index < -0.39 is 0 Å². The van der Waals surface area contributed by atoms with Gasteiger partial charge in [0.25, 0.3) is 11.1 Å². The van der Waals surface area contributed by atoms with Crippen LogP contribution in [0.15, 0.2) is 45.8 Å². The van der Waals surface area contributed by atoms with Gasteiger partial charge in [-0.25, -0.2) is 4.90 Å². The molecule has 0 N–H and O–H groups in total. The maximum Gasteiger partial charge on any atom is 0.298 e. The highest BCUT2D eigenvalue weighted by molar-refractivity contribution is 9.10. The molecule has 0 spiro atoms. The third-order valence-electron chi connectivity index (χ3n) is 3.86. The van der Waals surface area contributed by atoms with Gasteiger partial charge in [0, 0.05) is 5.02 Å². The van der Waals surface area contributed by atoms with Gasteiger partial charge in [-0.05, 0) is 96.5 Å². The molecule has 0 atom stereocenters. The number of carbonyl (C=O) groups excluding carboxylic acids is 2. The van der Waals surface area contributed by atoms with E-state index in [2.05, 4.69) is 15.9 Å². The van der Waals surface area contributed by atoms with Crippen LogP contribution >= 0.6 is 39.3 Å². The minimum absolute atomic E-state index is 0.0211. The first-order valence-electron chi connectivity index (χ1n) is 8.96. The van der Waals surface area contributed by atoms with Gasteiger partial charge in [0.15, 0.2) is 11.5 Å². The normalized spacial score (nSPS) is 15.5. The Balaban J connectivity index is 1.94. The lowest BCUT2D eigenvalue weighted by molar-refractivity contribution is -0.113. The second-order valence-electron chi connectivity index (χ2n) is 6.42. The predicted octanol–water partition coefficient (Wildman–Crippen LogP) is 6.53. The van der Waals surface area contributed by atoms with Gasteiger partial charge in [0.05, 0.1) is 27.8 Å². The number of ether oxygens (including phenoxy) is 2. The molecule has 0 aliphatic carbocycles. The molecule has 1 saturated heterocycles. The average Bonchev–Trinajstić information content (AvgIpc) is 2.92. The summed E-state index contributed by atoms with van der Waals surface area (Å²) >= 11 is 10.3. The van der Waals surface area contributed by atoms with Crippen molar-refractivity contribution in [3.63, 3.8) is 0 Å². The molecule has 1 fully saturated rings. The fourth-order valence-electron chi connectivity index (χ4n) is 2.72. The molecule has 2 amide bonds. The largest absolute Gasteiger partial charge is 0.490 e. The third-order valence-corrected chi connectivity index (χ3v) is 5.57. The van der Waals surface area contributed by atoms with Crippen molar-refractivity contribution < 1.29 is 19.1 Å². The number of halogens is 2. The SMILES string of the molecule is CCOc1cc(/C=C2/SC(=O)N(c3ccc(Cl)cc3)C2=O)cc(Br)c1OC(C)C. The van der Waals surface area contributed by atoms with Crippen LogP contribution in [0.25, 0.3) is 6.08 Å². The Labute approximate surface area is 187 Å².